The van der Waals surface area contributed by atoms with Crippen LogP contribution in [0.25, 0.3) is 0 Å². The van der Waals surface area contributed by atoms with Crippen LogP contribution in [0.5, 0.6) is 0 Å². The van der Waals surface area contributed by atoms with Gasteiger partial charge in [-0.05, 0) is 47.6 Å². The molecule has 1 fully saturated rings. The summed E-state index contributed by atoms with van der Waals surface area (Å²) in [5.74, 6) is 0.337. The van der Waals surface area contributed by atoms with E-state index in [0.717, 1.165) is 16.4 Å². The van der Waals surface area contributed by atoms with Crippen LogP contribution < -0.4 is 9.44 Å². The number of hydrogen-bond donors (Lipinski definition) is 2. The molecule has 1 heterocycles. The Labute approximate surface area is 102 Å². The summed E-state index contributed by atoms with van der Waals surface area (Å²) in [7, 11) is -3.45. The van der Waals surface area contributed by atoms with E-state index >= 15 is 0 Å². The molecule has 0 atom stereocenters. The lowest BCUT2D eigenvalue weighted by molar-refractivity contribution is 0.586. The molecule has 0 bridgehead atoms. The summed E-state index contributed by atoms with van der Waals surface area (Å²) in [4.78, 5) is 3.95. The molecule has 2 N–H and O–H groups in total. The summed E-state index contributed by atoms with van der Waals surface area (Å²) in [6, 6.07) is 3.53. The van der Waals surface area contributed by atoms with Gasteiger partial charge in [-0.2, -0.15) is 13.1 Å². The second-order valence-electron chi connectivity index (χ2n) is 3.36. The van der Waals surface area contributed by atoms with Crippen molar-refractivity contribution in [2.45, 2.75) is 18.9 Å². The fourth-order valence-electron chi connectivity index (χ4n) is 1.02. The first-order chi connectivity index (χ1) is 7.05. The van der Waals surface area contributed by atoms with Gasteiger partial charge in [0.2, 0.25) is 0 Å². The van der Waals surface area contributed by atoms with Gasteiger partial charge < -0.3 is 0 Å². The Balaban J connectivity index is 2.03. The molecule has 0 aromatic carbocycles. The van der Waals surface area contributed by atoms with E-state index in [0.29, 0.717) is 5.82 Å². The third kappa shape index (κ3) is 3.58. The maximum absolute atomic E-state index is 11.5. The third-order valence-electron chi connectivity index (χ3n) is 1.87. The first-order valence-electron chi connectivity index (χ1n) is 4.47. The molecule has 7 heteroatoms. The Morgan fingerprint density at radius 3 is 2.67 bits per heavy atom. The first-order valence-corrected chi connectivity index (χ1v) is 7.03. The molecule has 0 spiro atoms. The van der Waals surface area contributed by atoms with Crippen LogP contribution in [-0.4, -0.2) is 19.4 Å². The minimum absolute atomic E-state index is 0.103. The number of anilines is 1. The van der Waals surface area contributed by atoms with E-state index in [1.807, 2.05) is 0 Å². The molecule has 1 aliphatic rings. The van der Waals surface area contributed by atoms with Crippen LogP contribution in [0.4, 0.5) is 5.82 Å². The predicted molar refractivity (Wildman–Crippen MR) is 65.7 cm³/mol. The van der Waals surface area contributed by atoms with E-state index in [9.17, 15) is 8.42 Å². The predicted octanol–water partition coefficient (Wildman–Crippen LogP) is 1.09. The molecule has 82 valence electrons. The zero-order chi connectivity index (χ0) is 10.9. The molecular weight excluding hydrogens is 329 g/mol. The number of pyridine rings is 1. The lowest BCUT2D eigenvalue weighted by atomic mass is 10.5. The topological polar surface area (TPSA) is 71.1 Å². The van der Waals surface area contributed by atoms with Gasteiger partial charge in [0, 0.05) is 15.8 Å². The largest absolute Gasteiger partial charge is 0.300 e. The third-order valence-corrected chi connectivity index (χ3v) is 3.63. The smallest absolute Gasteiger partial charge is 0.255 e. The summed E-state index contributed by atoms with van der Waals surface area (Å²) >= 11 is 2.11. The summed E-state index contributed by atoms with van der Waals surface area (Å²) in [6.45, 7) is 0. The number of nitrogens with one attached hydrogen (secondary N) is 2. The number of nitrogens with zero attached hydrogens (tertiary/aromatic N) is 1. The first kappa shape index (κ1) is 11.1. The molecule has 1 aliphatic carbocycles. The summed E-state index contributed by atoms with van der Waals surface area (Å²) in [5.41, 5.74) is 0. The van der Waals surface area contributed by atoms with Gasteiger partial charge in [-0.15, -0.1) is 0 Å². The van der Waals surface area contributed by atoms with Crippen LogP contribution in [0.15, 0.2) is 18.3 Å². The van der Waals surface area contributed by atoms with Gasteiger partial charge in [0.25, 0.3) is 0 Å². The zero-order valence-corrected chi connectivity index (χ0v) is 10.7. The van der Waals surface area contributed by atoms with Crippen molar-refractivity contribution in [1.29, 1.82) is 0 Å². The summed E-state index contributed by atoms with van der Waals surface area (Å²) in [5, 5.41) is 0. The van der Waals surface area contributed by atoms with Crippen molar-refractivity contribution in [3.8, 4) is 0 Å². The second-order valence-corrected chi connectivity index (χ2v) is 6.05. The molecule has 1 saturated carbocycles. The van der Waals surface area contributed by atoms with E-state index in [1.54, 1.807) is 18.3 Å². The molecule has 0 radical (unpaired) electrons. The molecule has 0 amide bonds. The van der Waals surface area contributed by atoms with Gasteiger partial charge in [-0.1, -0.05) is 0 Å². The van der Waals surface area contributed by atoms with E-state index < -0.39 is 10.2 Å². The highest BCUT2D eigenvalue weighted by Crippen LogP contribution is 2.20. The minimum Gasteiger partial charge on any atom is -0.255 e. The highest BCUT2D eigenvalue weighted by Gasteiger charge is 2.26. The van der Waals surface area contributed by atoms with Crippen LogP contribution in [0, 0.1) is 3.57 Å². The van der Waals surface area contributed by atoms with Crippen LogP contribution in [0.3, 0.4) is 0 Å². The number of halogens is 1. The Hall–Kier alpha value is -0.410. The maximum Gasteiger partial charge on any atom is 0.300 e. The Morgan fingerprint density at radius 2 is 2.13 bits per heavy atom. The van der Waals surface area contributed by atoms with Crippen molar-refractivity contribution in [2.75, 3.05) is 4.72 Å². The van der Waals surface area contributed by atoms with Crippen LogP contribution in [0.2, 0.25) is 0 Å². The van der Waals surface area contributed by atoms with Gasteiger partial charge in [-0.3, -0.25) is 4.72 Å². The molecular formula is C8H10IN3O2S. The normalized spacial score (nSPS) is 16.3. The number of hydrogen-bond acceptors (Lipinski definition) is 3. The molecule has 0 saturated heterocycles. The highest BCUT2D eigenvalue weighted by atomic mass is 127. The number of aromatic nitrogens is 1. The Morgan fingerprint density at radius 1 is 1.40 bits per heavy atom. The Kier molecular flexibility index (Phi) is 3.12. The standard InChI is InChI=1S/C8H10IN3O2S/c9-6-1-4-8(10-5-6)12-15(13,14)11-7-2-3-7/h1,4-5,7,11H,2-3H2,(H,10,12). The average Bonchev–Trinajstić information content (AvgIpc) is 2.91. The highest BCUT2D eigenvalue weighted by molar-refractivity contribution is 14.1. The van der Waals surface area contributed by atoms with Crippen molar-refractivity contribution < 1.29 is 8.42 Å². The molecule has 15 heavy (non-hydrogen) atoms. The Bertz CT molecular complexity index is 441. The van der Waals surface area contributed by atoms with E-state index in [1.165, 1.54) is 0 Å². The summed E-state index contributed by atoms with van der Waals surface area (Å²) < 4.78 is 28.8. The molecule has 0 aliphatic heterocycles. The molecule has 0 unspecified atom stereocenters. The van der Waals surface area contributed by atoms with Gasteiger partial charge in [0.05, 0.1) is 0 Å². The lowest BCUT2D eigenvalue weighted by Crippen LogP contribution is -2.32. The molecule has 1 aromatic heterocycles. The van der Waals surface area contributed by atoms with Gasteiger partial charge >= 0.3 is 10.2 Å². The quantitative estimate of drug-likeness (QED) is 0.807. The summed E-state index contributed by atoms with van der Waals surface area (Å²) in [6.07, 6.45) is 3.44. The van der Waals surface area contributed by atoms with Crippen LogP contribution >= 0.6 is 22.6 Å². The lowest BCUT2D eigenvalue weighted by Gasteiger charge is -2.07. The van der Waals surface area contributed by atoms with Crippen molar-refractivity contribution in [1.82, 2.24) is 9.71 Å². The van der Waals surface area contributed by atoms with Crippen molar-refractivity contribution in [3.63, 3.8) is 0 Å². The van der Waals surface area contributed by atoms with Crippen molar-refractivity contribution >= 4 is 38.6 Å². The van der Waals surface area contributed by atoms with Crippen LogP contribution in [-0.2, 0) is 10.2 Å². The maximum atomic E-state index is 11.5. The van der Waals surface area contributed by atoms with Crippen molar-refractivity contribution in [2.24, 2.45) is 0 Å². The van der Waals surface area contributed by atoms with E-state index in [2.05, 4.69) is 37.0 Å². The van der Waals surface area contributed by atoms with Crippen molar-refractivity contribution in [3.05, 3.63) is 21.9 Å². The zero-order valence-electron chi connectivity index (χ0n) is 7.77. The van der Waals surface area contributed by atoms with Gasteiger partial charge in [0.15, 0.2) is 0 Å². The van der Waals surface area contributed by atoms with Gasteiger partial charge in [0.1, 0.15) is 5.82 Å². The number of rotatable bonds is 4. The van der Waals surface area contributed by atoms with Crippen LogP contribution in [0.1, 0.15) is 12.8 Å². The van der Waals surface area contributed by atoms with E-state index in [-0.39, 0.29) is 6.04 Å². The average molecular weight is 339 g/mol. The monoisotopic (exact) mass is 339 g/mol. The SMILES string of the molecule is O=S(=O)(Nc1ccc(I)cn1)NC1CC1. The molecule has 2 rings (SSSR count). The minimum atomic E-state index is -3.45. The molecule has 1 aromatic rings. The molecule has 5 nitrogen and oxygen atoms in total. The van der Waals surface area contributed by atoms with E-state index in [4.69, 9.17) is 0 Å². The fraction of sp³-hybridized carbons (Fsp3) is 0.375. The van der Waals surface area contributed by atoms with Gasteiger partial charge in [-0.25, -0.2) is 4.98 Å². The fourth-order valence-corrected chi connectivity index (χ4v) is 2.47. The second kappa shape index (κ2) is 4.22.